The van der Waals surface area contributed by atoms with Gasteiger partial charge in [0, 0.05) is 10.9 Å². The lowest BCUT2D eigenvalue weighted by atomic mass is 10.2. The van der Waals surface area contributed by atoms with Crippen molar-refractivity contribution in [3.05, 3.63) is 22.4 Å². The molecule has 1 aromatic carbocycles. The minimum Gasteiger partial charge on any atom is -0.397 e. The molecule has 0 unspecified atom stereocenters. The van der Waals surface area contributed by atoms with E-state index in [1.54, 1.807) is 0 Å². The van der Waals surface area contributed by atoms with Gasteiger partial charge >= 0.3 is 0 Å². The molecule has 0 saturated carbocycles. The minimum atomic E-state index is 0.724. The van der Waals surface area contributed by atoms with Crippen LogP contribution in [-0.4, -0.2) is 9.97 Å². The maximum absolute atomic E-state index is 5.91. The first-order valence-corrected chi connectivity index (χ1v) is 6.43. The van der Waals surface area contributed by atoms with Crippen LogP contribution in [-0.2, 0) is 6.42 Å². The molecular weight excluding hydrogens is 266 g/mol. The first-order valence-electron chi connectivity index (χ1n) is 5.64. The Labute approximate surface area is 104 Å². The van der Waals surface area contributed by atoms with Crippen LogP contribution in [0.1, 0.15) is 32.0 Å². The number of nitrogen functional groups attached to an aromatic ring is 1. The third-order valence-corrected chi connectivity index (χ3v) is 3.10. The average molecular weight is 282 g/mol. The van der Waals surface area contributed by atoms with Crippen LogP contribution in [0.3, 0.4) is 0 Å². The van der Waals surface area contributed by atoms with E-state index in [-0.39, 0.29) is 0 Å². The standard InChI is InChI=1S/C12H16BrN3/c1-2-3-4-5-11-15-10-7-8(13)6-9(14)12(10)16-11/h6-7H,2-5,14H2,1H3,(H,15,16). The number of rotatable bonds is 4. The fraction of sp³-hybridized carbons (Fsp3) is 0.417. The van der Waals surface area contributed by atoms with Crippen LogP contribution in [0, 0.1) is 0 Å². The van der Waals surface area contributed by atoms with Crippen LogP contribution >= 0.6 is 15.9 Å². The fourth-order valence-electron chi connectivity index (χ4n) is 1.82. The molecule has 0 bridgehead atoms. The van der Waals surface area contributed by atoms with Gasteiger partial charge in [-0.1, -0.05) is 35.7 Å². The van der Waals surface area contributed by atoms with Crippen LogP contribution in [0.5, 0.6) is 0 Å². The Bertz CT molecular complexity index is 490. The van der Waals surface area contributed by atoms with Crippen molar-refractivity contribution in [2.24, 2.45) is 0 Å². The minimum absolute atomic E-state index is 0.724. The van der Waals surface area contributed by atoms with Crippen molar-refractivity contribution in [2.45, 2.75) is 32.6 Å². The molecule has 0 spiro atoms. The number of anilines is 1. The molecule has 4 heteroatoms. The third-order valence-electron chi connectivity index (χ3n) is 2.65. The summed E-state index contributed by atoms with van der Waals surface area (Å²) in [7, 11) is 0. The van der Waals surface area contributed by atoms with E-state index in [0.717, 1.165) is 33.4 Å². The number of imidazole rings is 1. The summed E-state index contributed by atoms with van der Waals surface area (Å²) in [5.74, 6) is 1.04. The molecule has 2 rings (SSSR count). The Morgan fingerprint density at radius 1 is 1.38 bits per heavy atom. The van der Waals surface area contributed by atoms with Gasteiger partial charge in [-0.05, 0) is 18.6 Å². The Balaban J connectivity index is 2.26. The summed E-state index contributed by atoms with van der Waals surface area (Å²) in [5, 5.41) is 0. The molecule has 0 saturated heterocycles. The summed E-state index contributed by atoms with van der Waals surface area (Å²) in [6.07, 6.45) is 4.65. The van der Waals surface area contributed by atoms with E-state index in [9.17, 15) is 0 Å². The average Bonchev–Trinajstić information content (AvgIpc) is 2.61. The zero-order chi connectivity index (χ0) is 11.5. The molecular formula is C12H16BrN3. The van der Waals surface area contributed by atoms with Gasteiger partial charge in [0.2, 0.25) is 0 Å². The monoisotopic (exact) mass is 281 g/mol. The molecule has 3 nitrogen and oxygen atoms in total. The topological polar surface area (TPSA) is 54.7 Å². The number of aryl methyl sites for hydroxylation is 1. The highest BCUT2D eigenvalue weighted by Crippen LogP contribution is 2.24. The molecule has 1 aromatic heterocycles. The molecule has 0 aliphatic heterocycles. The Kier molecular flexibility index (Phi) is 3.49. The van der Waals surface area contributed by atoms with E-state index in [2.05, 4.69) is 32.8 Å². The summed E-state index contributed by atoms with van der Waals surface area (Å²) >= 11 is 3.43. The van der Waals surface area contributed by atoms with Gasteiger partial charge in [-0.15, -0.1) is 0 Å². The lowest BCUT2D eigenvalue weighted by molar-refractivity contribution is 0.700. The Morgan fingerprint density at radius 2 is 2.19 bits per heavy atom. The largest absolute Gasteiger partial charge is 0.397 e. The summed E-state index contributed by atoms with van der Waals surface area (Å²) in [4.78, 5) is 7.84. The predicted octanol–water partition coefficient (Wildman–Crippen LogP) is 3.64. The second kappa shape index (κ2) is 4.87. The maximum atomic E-state index is 5.91. The predicted molar refractivity (Wildman–Crippen MR) is 71.4 cm³/mol. The van der Waals surface area contributed by atoms with Crippen LogP contribution in [0.2, 0.25) is 0 Å². The van der Waals surface area contributed by atoms with E-state index < -0.39 is 0 Å². The quantitative estimate of drug-likeness (QED) is 0.664. The number of aromatic amines is 1. The number of fused-ring (bicyclic) bond motifs is 1. The van der Waals surface area contributed by atoms with Gasteiger partial charge in [-0.25, -0.2) is 4.98 Å². The van der Waals surface area contributed by atoms with Gasteiger partial charge in [0.15, 0.2) is 0 Å². The van der Waals surface area contributed by atoms with Gasteiger partial charge in [-0.3, -0.25) is 0 Å². The van der Waals surface area contributed by atoms with Crippen molar-refractivity contribution in [2.75, 3.05) is 5.73 Å². The lowest BCUT2D eigenvalue weighted by Crippen LogP contribution is -1.88. The summed E-state index contributed by atoms with van der Waals surface area (Å²) in [6, 6.07) is 3.90. The molecule has 3 N–H and O–H groups in total. The number of H-pyrrole nitrogens is 1. The second-order valence-electron chi connectivity index (χ2n) is 4.03. The second-order valence-corrected chi connectivity index (χ2v) is 4.95. The van der Waals surface area contributed by atoms with Crippen molar-refractivity contribution in [3.63, 3.8) is 0 Å². The summed E-state index contributed by atoms with van der Waals surface area (Å²) < 4.78 is 0.987. The fourth-order valence-corrected chi connectivity index (χ4v) is 2.30. The molecule has 0 amide bonds. The first kappa shape index (κ1) is 11.5. The molecule has 1 heterocycles. The van der Waals surface area contributed by atoms with Crippen LogP contribution in [0.4, 0.5) is 5.69 Å². The molecule has 0 radical (unpaired) electrons. The van der Waals surface area contributed by atoms with E-state index in [4.69, 9.17) is 5.73 Å². The molecule has 0 aliphatic rings. The number of halogens is 1. The smallest absolute Gasteiger partial charge is 0.112 e. The molecule has 2 aromatic rings. The van der Waals surface area contributed by atoms with Crippen molar-refractivity contribution in [1.82, 2.24) is 9.97 Å². The highest BCUT2D eigenvalue weighted by Gasteiger charge is 2.06. The number of benzene rings is 1. The Hall–Kier alpha value is -1.03. The van der Waals surface area contributed by atoms with Crippen molar-refractivity contribution >= 4 is 32.7 Å². The van der Waals surface area contributed by atoms with Crippen LogP contribution in [0.25, 0.3) is 11.0 Å². The zero-order valence-electron chi connectivity index (χ0n) is 9.39. The SMILES string of the molecule is CCCCCc1nc2c(N)cc(Br)cc2[nH]1. The molecule has 0 fully saturated rings. The van der Waals surface area contributed by atoms with Crippen molar-refractivity contribution < 1.29 is 0 Å². The van der Waals surface area contributed by atoms with E-state index >= 15 is 0 Å². The third kappa shape index (κ3) is 2.38. The molecule has 0 aliphatic carbocycles. The number of nitrogens with zero attached hydrogens (tertiary/aromatic N) is 1. The van der Waals surface area contributed by atoms with E-state index in [1.165, 1.54) is 19.3 Å². The number of hydrogen-bond donors (Lipinski definition) is 2. The van der Waals surface area contributed by atoms with E-state index in [0.29, 0.717) is 0 Å². The zero-order valence-corrected chi connectivity index (χ0v) is 11.0. The lowest BCUT2D eigenvalue weighted by Gasteiger charge is -1.94. The van der Waals surface area contributed by atoms with Crippen molar-refractivity contribution in [1.29, 1.82) is 0 Å². The van der Waals surface area contributed by atoms with Gasteiger partial charge in [0.25, 0.3) is 0 Å². The summed E-state index contributed by atoms with van der Waals surface area (Å²) in [6.45, 7) is 2.20. The van der Waals surface area contributed by atoms with Gasteiger partial charge < -0.3 is 10.7 Å². The van der Waals surface area contributed by atoms with Crippen molar-refractivity contribution in [3.8, 4) is 0 Å². The highest BCUT2D eigenvalue weighted by molar-refractivity contribution is 9.10. The summed E-state index contributed by atoms with van der Waals surface area (Å²) in [5.41, 5.74) is 8.53. The number of unbranched alkanes of at least 4 members (excludes halogenated alkanes) is 2. The number of nitrogens with two attached hydrogens (primary N) is 1. The molecule has 86 valence electrons. The van der Waals surface area contributed by atoms with Crippen LogP contribution in [0.15, 0.2) is 16.6 Å². The number of hydrogen-bond acceptors (Lipinski definition) is 2. The van der Waals surface area contributed by atoms with Gasteiger partial charge in [-0.2, -0.15) is 0 Å². The highest BCUT2D eigenvalue weighted by atomic mass is 79.9. The van der Waals surface area contributed by atoms with Gasteiger partial charge in [0.05, 0.1) is 11.2 Å². The molecule has 16 heavy (non-hydrogen) atoms. The Morgan fingerprint density at radius 3 is 2.94 bits per heavy atom. The number of aromatic nitrogens is 2. The normalized spacial score (nSPS) is 11.1. The maximum Gasteiger partial charge on any atom is 0.112 e. The van der Waals surface area contributed by atoms with E-state index in [1.807, 2.05) is 12.1 Å². The molecule has 0 atom stereocenters. The van der Waals surface area contributed by atoms with Crippen LogP contribution < -0.4 is 5.73 Å². The van der Waals surface area contributed by atoms with Gasteiger partial charge in [0.1, 0.15) is 11.3 Å². The first-order chi connectivity index (χ1) is 7.70. The number of nitrogens with one attached hydrogen (secondary N) is 1.